The molecule has 2 N–H and O–H groups in total. The molecule has 0 heterocycles. The summed E-state index contributed by atoms with van der Waals surface area (Å²) >= 11 is 4.80. The van der Waals surface area contributed by atoms with Crippen molar-refractivity contribution in [1.82, 2.24) is 5.32 Å². The van der Waals surface area contributed by atoms with Gasteiger partial charge in [-0.2, -0.15) is 26.3 Å². The second kappa shape index (κ2) is 9.54. The van der Waals surface area contributed by atoms with Gasteiger partial charge in [-0.3, -0.25) is 10.1 Å². The largest absolute Gasteiger partial charge is 0.484 e. The van der Waals surface area contributed by atoms with Crippen LogP contribution in [0, 0.1) is 0 Å². The summed E-state index contributed by atoms with van der Waals surface area (Å²) in [6.45, 7) is 3.57. The van der Waals surface area contributed by atoms with E-state index in [0.717, 1.165) is 5.56 Å². The first-order valence-electron chi connectivity index (χ1n) is 8.89. The molecule has 2 rings (SSSR count). The van der Waals surface area contributed by atoms with Crippen molar-refractivity contribution in [3.05, 3.63) is 59.2 Å². The first-order chi connectivity index (χ1) is 14.3. The molecule has 0 aromatic heterocycles. The summed E-state index contributed by atoms with van der Waals surface area (Å²) in [4.78, 5) is 11.9. The average Bonchev–Trinajstić information content (AvgIpc) is 2.65. The third-order valence-electron chi connectivity index (χ3n) is 4.02. The number of benzene rings is 2. The van der Waals surface area contributed by atoms with Gasteiger partial charge in [0, 0.05) is 5.69 Å². The van der Waals surface area contributed by atoms with E-state index in [9.17, 15) is 31.1 Å². The van der Waals surface area contributed by atoms with Crippen LogP contribution < -0.4 is 15.4 Å². The SMILES string of the molecule is CC(C)c1ccc(OCC(=O)NC(=S)Nc2cc(C(F)(F)F)cc(C(F)(F)F)c2)cc1. The zero-order chi connectivity index (χ0) is 23.4. The van der Waals surface area contributed by atoms with Gasteiger partial charge in [0.05, 0.1) is 11.1 Å². The minimum Gasteiger partial charge on any atom is -0.484 e. The number of hydrogen-bond acceptors (Lipinski definition) is 3. The van der Waals surface area contributed by atoms with Gasteiger partial charge in [-0.1, -0.05) is 26.0 Å². The standard InChI is InChI=1S/C20H18F6N2O2S/c1-11(2)12-3-5-16(6-4-12)30-10-17(29)28-18(31)27-15-8-13(19(21,22)23)7-14(9-15)20(24,25)26/h3-9,11H,10H2,1-2H3,(H2,27,28,29,31). The first-order valence-corrected chi connectivity index (χ1v) is 9.29. The zero-order valence-electron chi connectivity index (χ0n) is 16.3. The second-order valence-corrected chi connectivity index (χ2v) is 7.22. The Labute approximate surface area is 179 Å². The smallest absolute Gasteiger partial charge is 0.416 e. The molecule has 168 valence electrons. The molecule has 0 fully saturated rings. The van der Waals surface area contributed by atoms with Gasteiger partial charge in [0.2, 0.25) is 0 Å². The Hall–Kier alpha value is -2.82. The lowest BCUT2D eigenvalue weighted by Gasteiger charge is -2.16. The molecular formula is C20H18F6N2O2S. The Balaban J connectivity index is 2.00. The molecule has 0 atom stereocenters. The van der Waals surface area contributed by atoms with Crippen molar-refractivity contribution in [2.45, 2.75) is 32.1 Å². The zero-order valence-corrected chi connectivity index (χ0v) is 17.1. The molecule has 11 heteroatoms. The summed E-state index contributed by atoms with van der Waals surface area (Å²) in [5.41, 5.74) is -2.52. The predicted molar refractivity (Wildman–Crippen MR) is 107 cm³/mol. The van der Waals surface area contributed by atoms with Crippen molar-refractivity contribution in [1.29, 1.82) is 0 Å². The van der Waals surface area contributed by atoms with E-state index in [1.807, 2.05) is 26.0 Å². The Morgan fingerprint density at radius 1 is 0.968 bits per heavy atom. The van der Waals surface area contributed by atoms with Crippen molar-refractivity contribution in [2.24, 2.45) is 0 Å². The van der Waals surface area contributed by atoms with E-state index in [1.165, 1.54) is 0 Å². The van der Waals surface area contributed by atoms with Crippen LogP contribution >= 0.6 is 12.2 Å². The van der Waals surface area contributed by atoms with E-state index in [0.29, 0.717) is 23.8 Å². The van der Waals surface area contributed by atoms with Crippen LogP contribution in [0.4, 0.5) is 32.0 Å². The number of thiocarbonyl (C=S) groups is 1. The number of ether oxygens (including phenoxy) is 1. The third-order valence-corrected chi connectivity index (χ3v) is 4.22. The number of rotatable bonds is 5. The summed E-state index contributed by atoms with van der Waals surface area (Å²) in [6.07, 6.45) is -10.00. The molecule has 1 amide bonds. The molecule has 0 saturated carbocycles. The highest BCUT2D eigenvalue weighted by Gasteiger charge is 2.37. The summed E-state index contributed by atoms with van der Waals surface area (Å²) in [5, 5.41) is 3.82. The first kappa shape index (κ1) is 24.4. The number of alkyl halides is 6. The molecule has 0 saturated heterocycles. The number of carbonyl (C=O) groups is 1. The monoisotopic (exact) mass is 464 g/mol. The molecule has 4 nitrogen and oxygen atoms in total. The second-order valence-electron chi connectivity index (χ2n) is 6.81. The van der Waals surface area contributed by atoms with E-state index in [1.54, 1.807) is 12.1 Å². The number of hydrogen-bond donors (Lipinski definition) is 2. The number of amides is 1. The molecule has 0 bridgehead atoms. The number of carbonyl (C=O) groups excluding carboxylic acids is 1. The lowest BCUT2D eigenvalue weighted by atomic mass is 10.0. The van der Waals surface area contributed by atoms with Gasteiger partial charge in [-0.15, -0.1) is 0 Å². The van der Waals surface area contributed by atoms with Gasteiger partial charge in [-0.25, -0.2) is 0 Å². The van der Waals surface area contributed by atoms with Crippen LogP contribution in [0.5, 0.6) is 5.75 Å². The van der Waals surface area contributed by atoms with E-state index in [2.05, 4.69) is 10.6 Å². The number of halogens is 6. The van der Waals surface area contributed by atoms with E-state index in [4.69, 9.17) is 17.0 Å². The van der Waals surface area contributed by atoms with E-state index >= 15 is 0 Å². The lowest BCUT2D eigenvalue weighted by Crippen LogP contribution is -2.37. The van der Waals surface area contributed by atoms with Crippen LogP contribution in [-0.2, 0) is 17.1 Å². The van der Waals surface area contributed by atoms with Crippen molar-refractivity contribution < 1.29 is 35.9 Å². The van der Waals surface area contributed by atoms with Gasteiger partial charge >= 0.3 is 12.4 Å². The molecule has 2 aromatic carbocycles. The van der Waals surface area contributed by atoms with Crippen molar-refractivity contribution in [3.63, 3.8) is 0 Å². The summed E-state index contributed by atoms with van der Waals surface area (Å²) in [6, 6.07) is 7.90. The Kier molecular flexibility index (Phi) is 7.53. The maximum Gasteiger partial charge on any atom is 0.416 e. The molecule has 0 aliphatic carbocycles. The highest BCUT2D eigenvalue weighted by molar-refractivity contribution is 7.80. The van der Waals surface area contributed by atoms with Gasteiger partial charge in [0.15, 0.2) is 11.7 Å². The van der Waals surface area contributed by atoms with Crippen LogP contribution in [0.2, 0.25) is 0 Å². The molecule has 31 heavy (non-hydrogen) atoms. The number of nitrogens with one attached hydrogen (secondary N) is 2. The highest BCUT2D eigenvalue weighted by Crippen LogP contribution is 2.37. The van der Waals surface area contributed by atoms with Crippen molar-refractivity contribution >= 4 is 28.9 Å². The minimum absolute atomic E-state index is 0.00872. The molecular weight excluding hydrogens is 446 g/mol. The van der Waals surface area contributed by atoms with Crippen LogP contribution in [0.1, 0.15) is 36.5 Å². The van der Waals surface area contributed by atoms with E-state index in [-0.39, 0.29) is 6.07 Å². The topological polar surface area (TPSA) is 50.4 Å². The maximum atomic E-state index is 12.9. The molecule has 0 aliphatic rings. The van der Waals surface area contributed by atoms with Gasteiger partial charge in [0.1, 0.15) is 5.75 Å². The van der Waals surface area contributed by atoms with Gasteiger partial charge in [0.25, 0.3) is 5.91 Å². The fourth-order valence-electron chi connectivity index (χ4n) is 2.45. The maximum absolute atomic E-state index is 12.9. The Morgan fingerprint density at radius 2 is 1.48 bits per heavy atom. The average molecular weight is 464 g/mol. The summed E-state index contributed by atoms with van der Waals surface area (Å²) < 4.78 is 82.7. The fourth-order valence-corrected chi connectivity index (χ4v) is 2.68. The van der Waals surface area contributed by atoms with Gasteiger partial charge < -0.3 is 10.1 Å². The van der Waals surface area contributed by atoms with Gasteiger partial charge in [-0.05, 0) is 54.0 Å². The molecule has 0 aliphatic heterocycles. The molecule has 0 unspecified atom stereocenters. The number of anilines is 1. The summed E-state index contributed by atoms with van der Waals surface area (Å²) in [7, 11) is 0. The fraction of sp³-hybridized carbons (Fsp3) is 0.300. The van der Waals surface area contributed by atoms with Crippen LogP contribution in [-0.4, -0.2) is 17.6 Å². The minimum atomic E-state index is -5.00. The lowest BCUT2D eigenvalue weighted by molar-refractivity contribution is -0.143. The van der Waals surface area contributed by atoms with Crippen LogP contribution in [0.25, 0.3) is 0 Å². The van der Waals surface area contributed by atoms with Crippen LogP contribution in [0.15, 0.2) is 42.5 Å². The Morgan fingerprint density at radius 3 is 1.94 bits per heavy atom. The van der Waals surface area contributed by atoms with Crippen LogP contribution in [0.3, 0.4) is 0 Å². The normalized spacial score (nSPS) is 11.9. The molecule has 0 spiro atoms. The predicted octanol–water partition coefficient (Wildman–Crippen LogP) is 5.74. The summed E-state index contributed by atoms with van der Waals surface area (Å²) in [5.74, 6) is -0.0194. The third kappa shape index (κ3) is 7.42. The highest BCUT2D eigenvalue weighted by atomic mass is 32.1. The molecule has 2 aromatic rings. The quantitative estimate of drug-likeness (QED) is 0.438. The Bertz CT molecular complexity index is 908. The van der Waals surface area contributed by atoms with Crippen molar-refractivity contribution in [3.8, 4) is 5.75 Å². The van der Waals surface area contributed by atoms with Crippen molar-refractivity contribution in [2.75, 3.05) is 11.9 Å². The van der Waals surface area contributed by atoms with E-state index < -0.39 is 46.8 Å². The molecule has 0 radical (unpaired) electrons.